The molecule has 0 amide bonds. The molecule has 0 bridgehead atoms. The maximum Gasteiger partial charge on any atom is 0.135 e. The van der Waals surface area contributed by atoms with Gasteiger partial charge in [0.2, 0.25) is 0 Å². The van der Waals surface area contributed by atoms with E-state index < -0.39 is 8.07 Å². The second-order valence-electron chi connectivity index (χ2n) is 10.7. The summed E-state index contributed by atoms with van der Waals surface area (Å²) in [6.45, 7) is 15.8. The van der Waals surface area contributed by atoms with Crippen molar-refractivity contribution >= 4 is 76.8 Å². The molecule has 5 aromatic rings. The van der Waals surface area contributed by atoms with Crippen molar-refractivity contribution in [3.8, 4) is 0 Å². The third-order valence-electron chi connectivity index (χ3n) is 7.34. The minimum Gasteiger partial charge on any atom is -0.165 e. The van der Waals surface area contributed by atoms with Gasteiger partial charge in [-0.25, -0.2) is 0 Å². The molecule has 5 heteroatoms. The van der Waals surface area contributed by atoms with Crippen LogP contribution in [-0.4, -0.2) is 8.07 Å². The van der Waals surface area contributed by atoms with Gasteiger partial charge < -0.3 is 0 Å². The summed E-state index contributed by atoms with van der Waals surface area (Å²) >= 11 is 0. The van der Waals surface area contributed by atoms with Crippen LogP contribution < -0.4 is 20.7 Å². The second kappa shape index (κ2) is 13.8. The van der Waals surface area contributed by atoms with Gasteiger partial charge in [0.1, 0.15) is 8.07 Å². The van der Waals surface area contributed by atoms with E-state index in [-0.39, 0.29) is 58.9 Å². The molecule has 0 spiro atoms. The van der Waals surface area contributed by atoms with E-state index in [1.54, 1.807) is 0 Å². The van der Waals surface area contributed by atoms with E-state index in [1.165, 1.54) is 70.5 Å². The van der Waals surface area contributed by atoms with E-state index in [9.17, 15) is 0 Å². The first kappa shape index (κ1) is 35.3. The molecule has 0 aromatic heterocycles. The molecule has 5 rings (SSSR count). The Balaban J connectivity index is 0.00000190. The van der Waals surface area contributed by atoms with E-state index in [4.69, 9.17) is 0 Å². The number of hydrogen-bond acceptors (Lipinski definition) is 0. The zero-order chi connectivity index (χ0) is 24.9. The molecule has 0 radical (unpaired) electrons. The molecular formula is C34H38Cl3SiTi-. The fourth-order valence-electron chi connectivity index (χ4n) is 6.37. The average Bonchev–Trinajstić information content (AvgIpc) is 3.09. The van der Waals surface area contributed by atoms with Crippen LogP contribution in [0.4, 0.5) is 0 Å². The van der Waals surface area contributed by atoms with Gasteiger partial charge in [-0.1, -0.05) is 117 Å². The second-order valence-corrected chi connectivity index (χ2v) is 14.4. The van der Waals surface area contributed by atoms with Crippen molar-refractivity contribution in [2.45, 2.75) is 48.5 Å². The molecule has 0 saturated heterocycles. The van der Waals surface area contributed by atoms with Crippen LogP contribution in [0.25, 0.3) is 10.8 Å². The minimum atomic E-state index is -2.65. The van der Waals surface area contributed by atoms with Crippen molar-refractivity contribution in [1.82, 2.24) is 0 Å². The molecular weight excluding hydrogens is 591 g/mol. The molecule has 5 aromatic carbocycles. The molecule has 0 fully saturated rings. The van der Waals surface area contributed by atoms with Crippen LogP contribution in [0.15, 0.2) is 84.9 Å². The fourth-order valence-corrected chi connectivity index (χ4v) is 12.2. The number of rotatable bonds is 4. The molecule has 0 aliphatic rings. The maximum absolute atomic E-state index is 2.65. The van der Waals surface area contributed by atoms with Gasteiger partial charge in [-0.15, -0.1) is 76.9 Å². The Bertz CT molecular complexity index is 1400. The summed E-state index contributed by atoms with van der Waals surface area (Å²) in [5.74, 6) is 0. The fraction of sp³-hybridized carbons (Fsp3) is 0.206. The molecule has 0 heterocycles. The molecule has 0 N–H and O–H groups in total. The first-order valence-corrected chi connectivity index (χ1v) is 14.6. The minimum absolute atomic E-state index is 0. The van der Waals surface area contributed by atoms with Crippen LogP contribution in [-0.2, 0) is 21.7 Å². The smallest absolute Gasteiger partial charge is 0.135 e. The Morgan fingerprint density at radius 3 is 1.15 bits per heavy atom. The third kappa shape index (κ3) is 6.46. The quantitative estimate of drug-likeness (QED) is 0.111. The molecule has 39 heavy (non-hydrogen) atoms. The van der Waals surface area contributed by atoms with Crippen molar-refractivity contribution in [1.29, 1.82) is 0 Å². The van der Waals surface area contributed by atoms with E-state index in [1.807, 2.05) is 0 Å². The molecule has 0 saturated carbocycles. The summed E-state index contributed by atoms with van der Waals surface area (Å²) in [6.07, 6.45) is 0. The van der Waals surface area contributed by atoms with Gasteiger partial charge in [-0.05, 0) is 41.5 Å². The van der Waals surface area contributed by atoms with Crippen molar-refractivity contribution in [3.63, 3.8) is 0 Å². The first-order valence-electron chi connectivity index (χ1n) is 12.6. The van der Waals surface area contributed by atoms with Crippen LogP contribution in [0.3, 0.4) is 0 Å². The standard InChI is InChI=1S/C34H35Si.3ClH.Ti/c1-22-12-23(2)16-30(15-22)35(31-17-24(3)13-25(4)18-31,32-19-26(5)14-27(6)20-32)34-28(7)21-29-10-8-9-11-33(29)34;;;;/h8-21H,1-7H3;3*1H;/q-1;;;;. The van der Waals surface area contributed by atoms with Crippen LogP contribution in [0.1, 0.15) is 38.9 Å². The van der Waals surface area contributed by atoms with Crippen LogP contribution in [0, 0.1) is 48.5 Å². The Labute approximate surface area is 269 Å². The summed E-state index contributed by atoms with van der Waals surface area (Å²) < 4.78 is 0. The predicted molar refractivity (Wildman–Crippen MR) is 178 cm³/mol. The third-order valence-corrected chi connectivity index (χ3v) is 12.2. The molecule has 0 unspecified atom stereocenters. The van der Waals surface area contributed by atoms with E-state index in [0.717, 1.165) is 0 Å². The van der Waals surface area contributed by atoms with Gasteiger partial charge in [0.25, 0.3) is 0 Å². The number of aryl methyl sites for hydroxylation is 7. The topological polar surface area (TPSA) is 0 Å². The Kier molecular flexibility index (Phi) is 12.5. The summed E-state index contributed by atoms with van der Waals surface area (Å²) in [7, 11) is -2.65. The van der Waals surface area contributed by atoms with E-state index >= 15 is 0 Å². The van der Waals surface area contributed by atoms with Gasteiger partial charge in [0.15, 0.2) is 0 Å². The van der Waals surface area contributed by atoms with Gasteiger partial charge in [-0.3, -0.25) is 0 Å². The molecule has 0 nitrogen and oxygen atoms in total. The SMILES string of the molecule is Cc1cc(C)cc([Si](c2cc(C)cc(C)c2)(c2cc(C)cc(C)c2)[c-]2c(C)cc3ccccc32)c1.Cl.Cl.Cl.[Ti]. The predicted octanol–water partition coefficient (Wildman–Crippen LogP) is 7.36. The average molecular weight is 629 g/mol. The van der Waals surface area contributed by atoms with Crippen LogP contribution in [0.2, 0.25) is 0 Å². The number of halogens is 3. The Morgan fingerprint density at radius 1 is 0.462 bits per heavy atom. The summed E-state index contributed by atoms with van der Waals surface area (Å²) in [4.78, 5) is 0. The van der Waals surface area contributed by atoms with Gasteiger partial charge in [0, 0.05) is 21.7 Å². The number of benzene rings is 4. The molecule has 0 aliphatic heterocycles. The summed E-state index contributed by atoms with van der Waals surface area (Å²) in [6, 6.07) is 33.1. The summed E-state index contributed by atoms with van der Waals surface area (Å²) in [5, 5.41) is 8.70. The van der Waals surface area contributed by atoms with Gasteiger partial charge >= 0.3 is 0 Å². The Morgan fingerprint density at radius 2 is 0.795 bits per heavy atom. The largest absolute Gasteiger partial charge is 0.165 e. The molecule has 204 valence electrons. The summed E-state index contributed by atoms with van der Waals surface area (Å²) in [5.41, 5.74) is 9.39. The Hall–Kier alpha value is -1.71. The molecule has 0 aliphatic carbocycles. The van der Waals surface area contributed by atoms with E-state index in [0.29, 0.717) is 0 Å². The monoisotopic (exact) mass is 627 g/mol. The zero-order valence-electron chi connectivity index (χ0n) is 23.8. The van der Waals surface area contributed by atoms with Crippen molar-refractivity contribution < 1.29 is 21.7 Å². The normalized spacial score (nSPS) is 10.6. The van der Waals surface area contributed by atoms with Crippen molar-refractivity contribution in [3.05, 3.63) is 124 Å². The number of fused-ring (bicyclic) bond motifs is 1. The van der Waals surface area contributed by atoms with E-state index in [2.05, 4.69) is 133 Å². The van der Waals surface area contributed by atoms with Gasteiger partial charge in [0.05, 0.1) is 0 Å². The first-order chi connectivity index (χ1) is 16.7. The number of hydrogen-bond donors (Lipinski definition) is 0. The molecule has 0 atom stereocenters. The van der Waals surface area contributed by atoms with Crippen molar-refractivity contribution in [2.24, 2.45) is 0 Å². The maximum atomic E-state index is 2.47. The van der Waals surface area contributed by atoms with Crippen LogP contribution in [0.5, 0.6) is 0 Å². The van der Waals surface area contributed by atoms with Crippen LogP contribution >= 0.6 is 37.2 Å². The zero-order valence-corrected chi connectivity index (χ0v) is 28.8. The van der Waals surface area contributed by atoms with Crippen molar-refractivity contribution in [2.75, 3.05) is 0 Å². The van der Waals surface area contributed by atoms with Gasteiger partial charge in [-0.2, -0.15) is 6.07 Å².